The van der Waals surface area contributed by atoms with Crippen molar-refractivity contribution in [3.63, 3.8) is 0 Å². The molecule has 2 rings (SSSR count). The van der Waals surface area contributed by atoms with Gasteiger partial charge in [0.1, 0.15) is 0 Å². The summed E-state index contributed by atoms with van der Waals surface area (Å²) < 4.78 is 2.01. The van der Waals surface area contributed by atoms with Crippen molar-refractivity contribution in [2.45, 2.75) is 6.04 Å². The zero-order chi connectivity index (χ0) is 13.3. The second kappa shape index (κ2) is 6.22. The minimum absolute atomic E-state index is 0.215. The van der Waals surface area contributed by atoms with Gasteiger partial charge in [-0.1, -0.05) is 23.2 Å². The molecule has 7 heteroatoms. The summed E-state index contributed by atoms with van der Waals surface area (Å²) in [6, 6.07) is 7.11. The second-order valence-electron chi connectivity index (χ2n) is 3.55. The summed E-state index contributed by atoms with van der Waals surface area (Å²) >= 11 is 20.7. The maximum atomic E-state index is 6.20. The fourth-order valence-corrected chi connectivity index (χ4v) is 4.94. The molecule has 0 saturated heterocycles. The Balaban J connectivity index is 2.51. The monoisotopic (exact) mass is 428 g/mol. The van der Waals surface area contributed by atoms with Gasteiger partial charge in [0.05, 0.1) is 13.6 Å². The minimum atomic E-state index is -0.215. The van der Waals surface area contributed by atoms with Gasteiger partial charge in [0.25, 0.3) is 0 Å². The van der Waals surface area contributed by atoms with Crippen LogP contribution in [0.4, 0.5) is 0 Å². The largest absolute Gasteiger partial charge is 0.271 e. The zero-order valence-corrected chi connectivity index (χ0v) is 14.4. The molecule has 1 unspecified atom stereocenters. The average molecular weight is 431 g/mol. The Morgan fingerprint density at radius 3 is 2.44 bits per heavy atom. The molecule has 1 atom stereocenters. The van der Waals surface area contributed by atoms with Gasteiger partial charge in [0.15, 0.2) is 0 Å². The van der Waals surface area contributed by atoms with E-state index in [9.17, 15) is 0 Å². The highest BCUT2D eigenvalue weighted by Gasteiger charge is 2.20. The lowest BCUT2D eigenvalue weighted by molar-refractivity contribution is 0.637. The van der Waals surface area contributed by atoms with Crippen LogP contribution in [0.1, 0.15) is 17.2 Å². The molecule has 0 amide bonds. The van der Waals surface area contributed by atoms with Crippen LogP contribution in [0.2, 0.25) is 10.0 Å². The van der Waals surface area contributed by atoms with Gasteiger partial charge in [0, 0.05) is 15.6 Å². The van der Waals surface area contributed by atoms with E-state index < -0.39 is 0 Å². The first-order valence-electron chi connectivity index (χ1n) is 4.88. The maximum Gasteiger partial charge on any atom is 0.0762 e. The van der Waals surface area contributed by atoms with Crippen molar-refractivity contribution >= 4 is 66.4 Å². The van der Waals surface area contributed by atoms with Crippen LogP contribution in [0.15, 0.2) is 31.8 Å². The number of halogens is 4. The van der Waals surface area contributed by atoms with Crippen LogP contribution in [-0.4, -0.2) is 0 Å². The molecule has 1 aromatic heterocycles. The first-order valence-corrected chi connectivity index (χ1v) is 8.04. The Kier molecular flexibility index (Phi) is 5.11. The third-order valence-corrected chi connectivity index (χ3v) is 5.39. The summed E-state index contributed by atoms with van der Waals surface area (Å²) in [6.45, 7) is 0. The lowest BCUT2D eigenvalue weighted by Gasteiger charge is -2.17. The third kappa shape index (κ3) is 3.10. The Hall–Kier alpha value is 0.380. The first kappa shape index (κ1) is 14.8. The van der Waals surface area contributed by atoms with E-state index in [4.69, 9.17) is 29.0 Å². The highest BCUT2D eigenvalue weighted by molar-refractivity contribution is 9.12. The van der Waals surface area contributed by atoms with Gasteiger partial charge >= 0.3 is 0 Å². The molecule has 96 valence electrons. The number of thiophene rings is 1. The van der Waals surface area contributed by atoms with Gasteiger partial charge < -0.3 is 0 Å². The van der Waals surface area contributed by atoms with Crippen molar-refractivity contribution in [1.29, 1.82) is 0 Å². The standard InChI is InChI=1S/C11H8Br2Cl2N2S/c12-9-4-7(11(13)18-9)10(17-16)6-3-5(14)1-2-8(6)15/h1-4,10,17H,16H2. The van der Waals surface area contributed by atoms with Crippen molar-refractivity contribution in [3.05, 3.63) is 53.0 Å². The highest BCUT2D eigenvalue weighted by Crippen LogP contribution is 2.39. The quantitative estimate of drug-likeness (QED) is 0.523. The molecular weight excluding hydrogens is 423 g/mol. The van der Waals surface area contributed by atoms with E-state index in [0.29, 0.717) is 10.0 Å². The van der Waals surface area contributed by atoms with Crippen molar-refractivity contribution in [1.82, 2.24) is 5.43 Å². The molecule has 0 aliphatic carbocycles. The van der Waals surface area contributed by atoms with Crippen LogP contribution < -0.4 is 11.3 Å². The number of benzene rings is 1. The number of nitrogens with two attached hydrogens (primary N) is 1. The third-order valence-electron chi connectivity index (χ3n) is 2.43. The van der Waals surface area contributed by atoms with Crippen molar-refractivity contribution < 1.29 is 0 Å². The van der Waals surface area contributed by atoms with E-state index >= 15 is 0 Å². The SMILES string of the molecule is NNC(c1cc(Cl)ccc1Cl)c1cc(Br)sc1Br. The number of nitrogens with one attached hydrogen (secondary N) is 1. The van der Waals surface area contributed by atoms with Crippen LogP contribution in [0, 0.1) is 0 Å². The Morgan fingerprint density at radius 1 is 1.17 bits per heavy atom. The van der Waals surface area contributed by atoms with E-state index in [1.54, 1.807) is 23.5 Å². The van der Waals surface area contributed by atoms with E-state index in [1.807, 2.05) is 12.1 Å². The summed E-state index contributed by atoms with van der Waals surface area (Å²) in [5.74, 6) is 5.65. The fourth-order valence-electron chi connectivity index (χ4n) is 1.63. The van der Waals surface area contributed by atoms with Gasteiger partial charge in [-0.05, 0) is 61.7 Å². The van der Waals surface area contributed by atoms with E-state index in [-0.39, 0.29) is 6.04 Å². The van der Waals surface area contributed by atoms with E-state index in [2.05, 4.69) is 37.3 Å². The molecule has 3 N–H and O–H groups in total. The summed E-state index contributed by atoms with van der Waals surface area (Å²) in [5.41, 5.74) is 4.63. The van der Waals surface area contributed by atoms with E-state index in [1.165, 1.54) is 0 Å². The second-order valence-corrected chi connectivity index (χ2v) is 8.14. The number of rotatable bonds is 3. The van der Waals surface area contributed by atoms with Crippen LogP contribution in [0.25, 0.3) is 0 Å². The molecule has 0 radical (unpaired) electrons. The predicted octanol–water partition coefficient (Wildman–Crippen LogP) is 5.13. The summed E-state index contributed by atoms with van der Waals surface area (Å²) in [4.78, 5) is 0. The Labute approximate surface area is 136 Å². The molecule has 2 nitrogen and oxygen atoms in total. The Morgan fingerprint density at radius 2 is 1.89 bits per heavy atom. The normalized spacial score (nSPS) is 12.7. The number of hydrogen-bond donors (Lipinski definition) is 2. The highest BCUT2D eigenvalue weighted by atomic mass is 79.9. The molecular formula is C11H8Br2Cl2N2S. The van der Waals surface area contributed by atoms with Crippen molar-refractivity contribution in [2.75, 3.05) is 0 Å². The lowest BCUT2D eigenvalue weighted by atomic mass is 10.0. The molecule has 1 heterocycles. The van der Waals surface area contributed by atoms with Crippen LogP contribution in [0.3, 0.4) is 0 Å². The summed E-state index contributed by atoms with van der Waals surface area (Å²) in [7, 11) is 0. The Bertz CT molecular complexity index is 574. The van der Waals surface area contributed by atoms with Crippen LogP contribution in [-0.2, 0) is 0 Å². The first-order chi connectivity index (χ1) is 8.52. The molecule has 0 spiro atoms. The average Bonchev–Trinajstić information content (AvgIpc) is 2.64. The molecule has 0 saturated carbocycles. The minimum Gasteiger partial charge on any atom is -0.271 e. The van der Waals surface area contributed by atoms with Crippen LogP contribution >= 0.6 is 66.4 Å². The van der Waals surface area contributed by atoms with Gasteiger partial charge in [-0.3, -0.25) is 5.84 Å². The molecule has 1 aromatic carbocycles. The van der Waals surface area contributed by atoms with Gasteiger partial charge in [-0.2, -0.15) is 0 Å². The lowest BCUT2D eigenvalue weighted by Crippen LogP contribution is -2.29. The van der Waals surface area contributed by atoms with Crippen LogP contribution in [0.5, 0.6) is 0 Å². The molecule has 0 aliphatic heterocycles. The number of hydrogen-bond acceptors (Lipinski definition) is 3. The van der Waals surface area contributed by atoms with Gasteiger partial charge in [-0.15, -0.1) is 11.3 Å². The summed E-state index contributed by atoms with van der Waals surface area (Å²) in [5, 5.41) is 1.25. The molecule has 0 fully saturated rings. The topological polar surface area (TPSA) is 38.0 Å². The molecule has 0 aliphatic rings. The number of hydrazine groups is 1. The van der Waals surface area contributed by atoms with Crippen molar-refractivity contribution in [3.8, 4) is 0 Å². The van der Waals surface area contributed by atoms with Gasteiger partial charge in [-0.25, -0.2) is 5.43 Å². The zero-order valence-electron chi connectivity index (χ0n) is 8.88. The predicted molar refractivity (Wildman–Crippen MR) is 85.3 cm³/mol. The summed E-state index contributed by atoms with van der Waals surface area (Å²) in [6.07, 6.45) is 0. The molecule has 0 bridgehead atoms. The van der Waals surface area contributed by atoms with Gasteiger partial charge in [0.2, 0.25) is 0 Å². The molecule has 18 heavy (non-hydrogen) atoms. The van der Waals surface area contributed by atoms with Crippen molar-refractivity contribution in [2.24, 2.45) is 5.84 Å². The maximum absolute atomic E-state index is 6.20. The fraction of sp³-hybridized carbons (Fsp3) is 0.0909. The smallest absolute Gasteiger partial charge is 0.0762 e. The van der Waals surface area contributed by atoms with E-state index in [0.717, 1.165) is 18.7 Å². The molecule has 2 aromatic rings.